The van der Waals surface area contributed by atoms with Crippen LogP contribution in [0.1, 0.15) is 37.7 Å². The molecule has 0 unspecified atom stereocenters. The van der Waals surface area contributed by atoms with E-state index in [4.69, 9.17) is 11.5 Å². The SMILES string of the molecule is NCC1(c2cccc(NC(N)=O)c2)CCCCC1. The fourth-order valence-corrected chi connectivity index (χ4v) is 2.91. The van der Waals surface area contributed by atoms with Gasteiger partial charge in [-0.15, -0.1) is 0 Å². The Bertz CT molecular complexity index is 425. The summed E-state index contributed by atoms with van der Waals surface area (Å²) < 4.78 is 0. The van der Waals surface area contributed by atoms with Crippen molar-refractivity contribution in [1.29, 1.82) is 0 Å². The summed E-state index contributed by atoms with van der Waals surface area (Å²) in [4.78, 5) is 10.9. The van der Waals surface area contributed by atoms with E-state index in [-0.39, 0.29) is 5.41 Å². The van der Waals surface area contributed by atoms with E-state index in [1.54, 1.807) is 0 Å². The van der Waals surface area contributed by atoms with Crippen LogP contribution >= 0.6 is 0 Å². The lowest BCUT2D eigenvalue weighted by Crippen LogP contribution is -2.37. The van der Waals surface area contributed by atoms with Gasteiger partial charge in [0.15, 0.2) is 0 Å². The molecule has 1 aliphatic rings. The molecule has 0 aromatic heterocycles. The molecule has 2 amide bonds. The van der Waals surface area contributed by atoms with Gasteiger partial charge in [-0.2, -0.15) is 0 Å². The quantitative estimate of drug-likeness (QED) is 0.766. The van der Waals surface area contributed by atoms with E-state index in [0.29, 0.717) is 6.54 Å². The van der Waals surface area contributed by atoms with E-state index in [1.165, 1.54) is 24.8 Å². The highest BCUT2D eigenvalue weighted by Gasteiger charge is 2.32. The zero-order valence-corrected chi connectivity index (χ0v) is 10.6. The van der Waals surface area contributed by atoms with Crippen LogP contribution < -0.4 is 16.8 Å². The number of primary amides is 1. The lowest BCUT2D eigenvalue weighted by atomic mass is 9.69. The number of carbonyl (C=O) groups excluding carboxylic acids is 1. The number of amides is 2. The Morgan fingerprint density at radius 3 is 2.61 bits per heavy atom. The van der Waals surface area contributed by atoms with Gasteiger partial charge in [0.1, 0.15) is 0 Å². The minimum atomic E-state index is -0.530. The first kappa shape index (κ1) is 12.9. The maximum atomic E-state index is 10.9. The molecule has 1 aliphatic carbocycles. The third-order valence-electron chi connectivity index (χ3n) is 3.94. The zero-order chi connectivity index (χ0) is 13.0. The van der Waals surface area contributed by atoms with Crippen molar-refractivity contribution >= 4 is 11.7 Å². The molecule has 0 radical (unpaired) electrons. The Morgan fingerprint density at radius 2 is 2.00 bits per heavy atom. The van der Waals surface area contributed by atoms with Crippen LogP contribution in [0.5, 0.6) is 0 Å². The summed E-state index contributed by atoms with van der Waals surface area (Å²) in [6.07, 6.45) is 6.00. The summed E-state index contributed by atoms with van der Waals surface area (Å²) in [5.41, 5.74) is 13.2. The molecule has 2 rings (SSSR count). The molecule has 0 heterocycles. The van der Waals surface area contributed by atoms with Gasteiger partial charge in [0.2, 0.25) is 0 Å². The molecule has 18 heavy (non-hydrogen) atoms. The van der Waals surface area contributed by atoms with Crippen molar-refractivity contribution < 1.29 is 4.79 Å². The standard InChI is InChI=1S/C14H21N3O/c15-10-14(7-2-1-3-8-14)11-5-4-6-12(9-11)17-13(16)18/h4-6,9H,1-3,7-8,10,15H2,(H3,16,17,18). The van der Waals surface area contributed by atoms with Crippen molar-refractivity contribution in [2.75, 3.05) is 11.9 Å². The Labute approximate surface area is 108 Å². The van der Waals surface area contributed by atoms with Crippen LogP contribution in [0, 0.1) is 0 Å². The lowest BCUT2D eigenvalue weighted by molar-refractivity contribution is 0.259. The first-order valence-electron chi connectivity index (χ1n) is 6.53. The Morgan fingerprint density at radius 1 is 1.28 bits per heavy atom. The minimum absolute atomic E-state index is 0.0770. The molecule has 1 saturated carbocycles. The van der Waals surface area contributed by atoms with Crippen LogP contribution in [0.25, 0.3) is 0 Å². The molecular formula is C14H21N3O. The van der Waals surface area contributed by atoms with Gasteiger partial charge < -0.3 is 16.8 Å². The molecule has 0 atom stereocenters. The monoisotopic (exact) mass is 247 g/mol. The van der Waals surface area contributed by atoms with E-state index >= 15 is 0 Å². The fraction of sp³-hybridized carbons (Fsp3) is 0.500. The molecule has 98 valence electrons. The molecule has 1 aromatic rings. The number of benzene rings is 1. The van der Waals surface area contributed by atoms with Crippen molar-refractivity contribution in [1.82, 2.24) is 0 Å². The highest BCUT2D eigenvalue weighted by atomic mass is 16.2. The molecule has 1 aromatic carbocycles. The zero-order valence-electron chi connectivity index (χ0n) is 10.6. The van der Waals surface area contributed by atoms with E-state index < -0.39 is 6.03 Å². The van der Waals surface area contributed by atoms with Gasteiger partial charge in [-0.1, -0.05) is 31.4 Å². The van der Waals surface area contributed by atoms with Crippen molar-refractivity contribution in [2.24, 2.45) is 11.5 Å². The van der Waals surface area contributed by atoms with E-state index in [2.05, 4.69) is 11.4 Å². The molecule has 1 fully saturated rings. The molecule has 5 N–H and O–H groups in total. The topological polar surface area (TPSA) is 81.1 Å². The van der Waals surface area contributed by atoms with Crippen molar-refractivity contribution in [3.8, 4) is 0 Å². The molecule has 0 spiro atoms. The van der Waals surface area contributed by atoms with Gasteiger partial charge >= 0.3 is 6.03 Å². The van der Waals surface area contributed by atoms with Crippen LogP contribution in [0.15, 0.2) is 24.3 Å². The number of hydrogen-bond acceptors (Lipinski definition) is 2. The van der Waals surface area contributed by atoms with Crippen LogP contribution in [-0.2, 0) is 5.41 Å². The lowest BCUT2D eigenvalue weighted by Gasteiger charge is -2.37. The van der Waals surface area contributed by atoms with Gasteiger partial charge in [-0.05, 0) is 30.5 Å². The van der Waals surface area contributed by atoms with Gasteiger partial charge in [0.05, 0.1) is 0 Å². The van der Waals surface area contributed by atoms with E-state index in [0.717, 1.165) is 18.5 Å². The second-order valence-corrected chi connectivity index (χ2v) is 5.12. The Balaban J connectivity index is 2.27. The van der Waals surface area contributed by atoms with Crippen LogP contribution in [0.3, 0.4) is 0 Å². The van der Waals surface area contributed by atoms with Crippen LogP contribution in [0.4, 0.5) is 10.5 Å². The Kier molecular flexibility index (Phi) is 3.87. The van der Waals surface area contributed by atoms with Crippen molar-refractivity contribution in [3.63, 3.8) is 0 Å². The molecule has 4 heteroatoms. The van der Waals surface area contributed by atoms with Gasteiger partial charge in [-0.25, -0.2) is 4.79 Å². The normalized spacial score (nSPS) is 18.3. The molecule has 0 aliphatic heterocycles. The molecule has 4 nitrogen and oxygen atoms in total. The highest BCUT2D eigenvalue weighted by molar-refractivity contribution is 5.87. The summed E-state index contributed by atoms with van der Waals surface area (Å²) in [7, 11) is 0. The van der Waals surface area contributed by atoms with Gasteiger partial charge in [0, 0.05) is 17.6 Å². The number of nitrogens with two attached hydrogens (primary N) is 2. The van der Waals surface area contributed by atoms with Crippen LogP contribution in [-0.4, -0.2) is 12.6 Å². The van der Waals surface area contributed by atoms with E-state index in [9.17, 15) is 4.79 Å². The molecular weight excluding hydrogens is 226 g/mol. The maximum absolute atomic E-state index is 10.9. The summed E-state index contributed by atoms with van der Waals surface area (Å²) >= 11 is 0. The highest BCUT2D eigenvalue weighted by Crippen LogP contribution is 2.39. The number of anilines is 1. The first-order chi connectivity index (χ1) is 8.66. The smallest absolute Gasteiger partial charge is 0.316 e. The largest absolute Gasteiger partial charge is 0.351 e. The van der Waals surface area contributed by atoms with Gasteiger partial charge in [-0.3, -0.25) is 0 Å². The van der Waals surface area contributed by atoms with Crippen molar-refractivity contribution in [2.45, 2.75) is 37.5 Å². The van der Waals surface area contributed by atoms with Crippen molar-refractivity contribution in [3.05, 3.63) is 29.8 Å². The number of hydrogen-bond donors (Lipinski definition) is 3. The average molecular weight is 247 g/mol. The number of urea groups is 1. The number of nitrogens with one attached hydrogen (secondary N) is 1. The molecule has 0 bridgehead atoms. The summed E-state index contributed by atoms with van der Waals surface area (Å²) in [6, 6.07) is 7.37. The Hall–Kier alpha value is -1.55. The van der Waals surface area contributed by atoms with Gasteiger partial charge in [0.25, 0.3) is 0 Å². The maximum Gasteiger partial charge on any atom is 0.316 e. The van der Waals surface area contributed by atoms with E-state index in [1.807, 2.05) is 18.2 Å². The average Bonchev–Trinajstić information content (AvgIpc) is 2.39. The minimum Gasteiger partial charge on any atom is -0.351 e. The van der Waals surface area contributed by atoms with Crippen LogP contribution in [0.2, 0.25) is 0 Å². The third kappa shape index (κ3) is 2.64. The predicted octanol–water partition coefficient (Wildman–Crippen LogP) is 2.34. The summed E-state index contributed by atoms with van der Waals surface area (Å²) in [5.74, 6) is 0. The summed E-state index contributed by atoms with van der Waals surface area (Å²) in [5, 5.41) is 2.62. The third-order valence-corrected chi connectivity index (χ3v) is 3.94. The molecule has 0 saturated heterocycles. The summed E-state index contributed by atoms with van der Waals surface area (Å²) in [6.45, 7) is 0.660. The first-order valence-corrected chi connectivity index (χ1v) is 6.53. The number of carbonyl (C=O) groups is 1. The number of rotatable bonds is 3. The predicted molar refractivity (Wildman–Crippen MR) is 73.5 cm³/mol. The second-order valence-electron chi connectivity index (χ2n) is 5.12. The second kappa shape index (κ2) is 5.40. The fourth-order valence-electron chi connectivity index (χ4n) is 2.91.